The Morgan fingerprint density at radius 1 is 1.59 bits per heavy atom. The third-order valence-corrected chi connectivity index (χ3v) is 2.00. The highest BCUT2D eigenvalue weighted by molar-refractivity contribution is 6.34. The Kier molecular flexibility index (Phi) is 4.09. The maximum Gasteiger partial charge on any atom is 0.337 e. The minimum atomic E-state index is -0.558. The zero-order valence-electron chi connectivity index (χ0n) is 9.88. The van der Waals surface area contributed by atoms with Crippen molar-refractivity contribution in [3.63, 3.8) is 0 Å². The molecule has 0 atom stereocenters. The number of aromatic nitrogens is 1. The van der Waals surface area contributed by atoms with Crippen molar-refractivity contribution in [1.29, 1.82) is 0 Å². The van der Waals surface area contributed by atoms with Crippen LogP contribution in [0.4, 0.5) is 5.69 Å². The number of hydrogen-bond donors (Lipinski definition) is 0. The molecule has 0 unspecified atom stereocenters. The Bertz CT molecular complexity index is 460. The SMILES string of the molecule is [B]c1cnc(OC)c([N+](=O)[O-])c1/C=C/N(C)C. The van der Waals surface area contributed by atoms with E-state index in [0.29, 0.717) is 0 Å². The monoisotopic (exact) mass is 233 g/mol. The second-order valence-corrected chi connectivity index (χ2v) is 3.52. The van der Waals surface area contributed by atoms with Gasteiger partial charge in [0.2, 0.25) is 0 Å². The summed E-state index contributed by atoms with van der Waals surface area (Å²) in [6.07, 6.45) is 4.55. The summed E-state index contributed by atoms with van der Waals surface area (Å²) in [4.78, 5) is 15.9. The van der Waals surface area contributed by atoms with Gasteiger partial charge in [0.15, 0.2) is 0 Å². The number of rotatable bonds is 4. The van der Waals surface area contributed by atoms with Gasteiger partial charge in [0.25, 0.3) is 5.88 Å². The van der Waals surface area contributed by atoms with Crippen LogP contribution in [0.1, 0.15) is 5.56 Å². The molecule has 0 aliphatic carbocycles. The van der Waals surface area contributed by atoms with Gasteiger partial charge in [-0.2, -0.15) is 0 Å². The molecular weight excluding hydrogens is 221 g/mol. The maximum atomic E-state index is 11.0. The Balaban J connectivity index is 3.39. The lowest BCUT2D eigenvalue weighted by molar-refractivity contribution is -0.386. The van der Waals surface area contributed by atoms with Crippen LogP contribution in [0.25, 0.3) is 6.08 Å². The summed E-state index contributed by atoms with van der Waals surface area (Å²) in [5.74, 6) is -0.0531. The van der Waals surface area contributed by atoms with E-state index < -0.39 is 4.92 Å². The van der Waals surface area contributed by atoms with Crippen molar-refractivity contribution in [2.24, 2.45) is 0 Å². The first-order valence-corrected chi connectivity index (χ1v) is 4.78. The van der Waals surface area contributed by atoms with Crippen molar-refractivity contribution in [3.05, 3.63) is 28.1 Å². The average molecular weight is 233 g/mol. The Morgan fingerprint density at radius 3 is 2.71 bits per heavy atom. The number of nitro groups is 1. The van der Waals surface area contributed by atoms with Gasteiger partial charge in [-0.1, -0.05) is 5.46 Å². The molecule has 1 aromatic heterocycles. The molecule has 7 heteroatoms. The van der Waals surface area contributed by atoms with Crippen molar-refractivity contribution in [2.75, 3.05) is 21.2 Å². The predicted octanol–water partition coefficient (Wildman–Crippen LogP) is 0.325. The third-order valence-electron chi connectivity index (χ3n) is 2.00. The largest absolute Gasteiger partial charge is 0.476 e. The molecule has 1 rings (SSSR count). The fraction of sp³-hybridized carbons (Fsp3) is 0.300. The predicted molar refractivity (Wildman–Crippen MR) is 65.6 cm³/mol. The minimum absolute atomic E-state index is 0.0531. The van der Waals surface area contributed by atoms with Crippen LogP contribution < -0.4 is 10.2 Å². The first-order valence-electron chi connectivity index (χ1n) is 4.78. The summed E-state index contributed by atoms with van der Waals surface area (Å²) in [6.45, 7) is 0. The Morgan fingerprint density at radius 2 is 2.24 bits per heavy atom. The minimum Gasteiger partial charge on any atom is -0.476 e. The van der Waals surface area contributed by atoms with Crippen molar-refractivity contribution in [1.82, 2.24) is 9.88 Å². The van der Waals surface area contributed by atoms with Gasteiger partial charge in [0, 0.05) is 20.3 Å². The molecule has 0 aliphatic heterocycles. The molecule has 0 amide bonds. The molecule has 0 saturated carbocycles. The summed E-state index contributed by atoms with van der Waals surface area (Å²) >= 11 is 0. The van der Waals surface area contributed by atoms with Crippen LogP contribution in [0, 0.1) is 10.1 Å². The van der Waals surface area contributed by atoms with E-state index in [1.165, 1.54) is 13.3 Å². The number of methoxy groups -OCH3 is 1. The van der Waals surface area contributed by atoms with Crippen molar-refractivity contribution < 1.29 is 9.66 Å². The quantitative estimate of drug-likeness (QED) is 0.425. The second kappa shape index (κ2) is 5.33. The highest BCUT2D eigenvalue weighted by Crippen LogP contribution is 2.27. The van der Waals surface area contributed by atoms with E-state index in [0.717, 1.165) is 0 Å². The molecule has 0 aliphatic rings. The lowest BCUT2D eigenvalue weighted by atomic mass is 9.91. The zero-order valence-corrected chi connectivity index (χ0v) is 9.88. The number of nitrogens with zero attached hydrogens (tertiary/aromatic N) is 3. The molecule has 0 fully saturated rings. The summed E-state index contributed by atoms with van der Waals surface area (Å²) in [5.41, 5.74) is 0.289. The van der Waals surface area contributed by atoms with E-state index in [4.69, 9.17) is 12.6 Å². The smallest absolute Gasteiger partial charge is 0.337 e. The van der Waals surface area contributed by atoms with Crippen LogP contribution in [-0.4, -0.2) is 43.9 Å². The molecule has 88 valence electrons. The van der Waals surface area contributed by atoms with Gasteiger partial charge in [0.05, 0.1) is 17.6 Å². The van der Waals surface area contributed by atoms with Crippen LogP contribution in [0.2, 0.25) is 0 Å². The maximum absolute atomic E-state index is 11.0. The molecule has 0 aromatic carbocycles. The van der Waals surface area contributed by atoms with E-state index in [9.17, 15) is 10.1 Å². The number of pyridine rings is 1. The standard InChI is InChI=1S/C10H12BN3O3/c1-13(2)5-4-7-8(11)6-12-10(17-3)9(7)14(15)16/h4-6H,1-3H3/b5-4+. The summed E-state index contributed by atoms with van der Waals surface area (Å²) in [5, 5.41) is 11.0. The Labute approximate surface area is 100 Å². The number of hydrogen-bond acceptors (Lipinski definition) is 5. The highest BCUT2D eigenvalue weighted by Gasteiger charge is 2.22. The zero-order chi connectivity index (χ0) is 13.0. The van der Waals surface area contributed by atoms with Crippen molar-refractivity contribution in [3.8, 4) is 5.88 Å². The molecular formula is C10H12BN3O3. The molecule has 2 radical (unpaired) electrons. The second-order valence-electron chi connectivity index (χ2n) is 3.52. The van der Waals surface area contributed by atoms with E-state index in [1.807, 2.05) is 0 Å². The number of ether oxygens (including phenoxy) is 1. The molecule has 0 saturated heterocycles. The Hall–Kier alpha value is -2.05. The highest BCUT2D eigenvalue weighted by atomic mass is 16.6. The van der Waals surface area contributed by atoms with Crippen LogP contribution in [0.5, 0.6) is 5.88 Å². The van der Waals surface area contributed by atoms with Gasteiger partial charge in [-0.15, -0.1) is 0 Å². The first-order chi connectivity index (χ1) is 7.97. The van der Waals surface area contributed by atoms with E-state index in [2.05, 4.69) is 4.98 Å². The molecule has 6 nitrogen and oxygen atoms in total. The van der Waals surface area contributed by atoms with Gasteiger partial charge < -0.3 is 9.64 Å². The topological polar surface area (TPSA) is 68.5 Å². The van der Waals surface area contributed by atoms with Gasteiger partial charge in [-0.3, -0.25) is 10.1 Å². The summed E-state index contributed by atoms with van der Waals surface area (Å²) < 4.78 is 4.85. The first kappa shape index (κ1) is 13.0. The third kappa shape index (κ3) is 2.96. The van der Waals surface area contributed by atoms with Crippen LogP contribution in [-0.2, 0) is 0 Å². The lowest BCUT2D eigenvalue weighted by Crippen LogP contribution is -2.13. The molecule has 1 aromatic rings. The van der Waals surface area contributed by atoms with Gasteiger partial charge in [-0.25, -0.2) is 4.98 Å². The van der Waals surface area contributed by atoms with Crippen LogP contribution in [0.3, 0.4) is 0 Å². The van der Waals surface area contributed by atoms with Crippen LogP contribution >= 0.6 is 0 Å². The molecule has 1 heterocycles. The lowest BCUT2D eigenvalue weighted by Gasteiger charge is -2.08. The fourth-order valence-corrected chi connectivity index (χ4v) is 1.24. The van der Waals surface area contributed by atoms with Gasteiger partial charge >= 0.3 is 5.69 Å². The van der Waals surface area contributed by atoms with Gasteiger partial charge in [-0.05, 0) is 12.3 Å². The van der Waals surface area contributed by atoms with E-state index in [1.54, 1.807) is 31.3 Å². The van der Waals surface area contributed by atoms with Crippen molar-refractivity contribution >= 4 is 25.1 Å². The molecule has 0 spiro atoms. The summed E-state index contributed by atoms with van der Waals surface area (Å²) in [7, 11) is 10.6. The molecule has 0 bridgehead atoms. The fourth-order valence-electron chi connectivity index (χ4n) is 1.24. The molecule has 17 heavy (non-hydrogen) atoms. The molecule has 0 N–H and O–H groups in total. The van der Waals surface area contributed by atoms with E-state index >= 15 is 0 Å². The average Bonchev–Trinajstić information content (AvgIpc) is 2.26. The van der Waals surface area contributed by atoms with Crippen molar-refractivity contribution in [2.45, 2.75) is 0 Å². The van der Waals surface area contributed by atoms with Gasteiger partial charge in [0.1, 0.15) is 7.85 Å². The summed E-state index contributed by atoms with van der Waals surface area (Å²) in [6, 6.07) is 0. The van der Waals surface area contributed by atoms with E-state index in [-0.39, 0.29) is 22.6 Å². The van der Waals surface area contributed by atoms with Crippen LogP contribution in [0.15, 0.2) is 12.4 Å². The normalized spacial score (nSPS) is 10.5.